The zero-order chi connectivity index (χ0) is 27.6. The van der Waals surface area contributed by atoms with Crippen molar-refractivity contribution in [2.75, 3.05) is 39.8 Å². The van der Waals surface area contributed by atoms with Gasteiger partial charge in [-0.1, -0.05) is 29.3 Å². The Hall–Kier alpha value is -3.14. The van der Waals surface area contributed by atoms with E-state index in [0.29, 0.717) is 58.6 Å². The largest absolute Gasteiger partial charge is 0.463 e. The van der Waals surface area contributed by atoms with Crippen LogP contribution in [0, 0.1) is 5.82 Å². The molecule has 2 aromatic carbocycles. The van der Waals surface area contributed by atoms with Gasteiger partial charge in [0.05, 0.1) is 28.3 Å². The lowest BCUT2D eigenvalue weighted by Gasteiger charge is -2.42. The highest BCUT2D eigenvalue weighted by molar-refractivity contribution is 6.42. The van der Waals surface area contributed by atoms with E-state index in [-0.39, 0.29) is 24.6 Å². The molecule has 4 rings (SSSR count). The van der Waals surface area contributed by atoms with Gasteiger partial charge in [0.25, 0.3) is 5.91 Å². The van der Waals surface area contributed by atoms with Crippen LogP contribution in [0.25, 0.3) is 0 Å². The van der Waals surface area contributed by atoms with Crippen molar-refractivity contribution < 1.29 is 23.5 Å². The molecule has 11 heteroatoms. The molecule has 2 heterocycles. The van der Waals surface area contributed by atoms with Crippen molar-refractivity contribution in [3.63, 3.8) is 0 Å². The van der Waals surface area contributed by atoms with Crippen molar-refractivity contribution >= 4 is 41.1 Å². The molecule has 1 fully saturated rings. The van der Waals surface area contributed by atoms with E-state index in [0.717, 1.165) is 0 Å². The van der Waals surface area contributed by atoms with Gasteiger partial charge in [0.2, 0.25) is 0 Å². The molecule has 0 aromatic heterocycles. The van der Waals surface area contributed by atoms with Crippen molar-refractivity contribution in [2.45, 2.75) is 25.9 Å². The number of urea groups is 1. The molecule has 1 N–H and O–H groups in total. The highest BCUT2D eigenvalue weighted by atomic mass is 35.5. The third kappa shape index (κ3) is 5.80. The molecular formula is C27H29Cl2FN4O4. The first-order chi connectivity index (χ1) is 18.1. The van der Waals surface area contributed by atoms with E-state index >= 15 is 0 Å². The van der Waals surface area contributed by atoms with Crippen LogP contribution in [-0.2, 0) is 9.53 Å². The van der Waals surface area contributed by atoms with Crippen LogP contribution >= 0.6 is 23.2 Å². The summed E-state index contributed by atoms with van der Waals surface area (Å²) in [5.74, 6) is -1.11. The average molecular weight is 563 g/mol. The van der Waals surface area contributed by atoms with Crippen molar-refractivity contribution in [2.24, 2.45) is 0 Å². The minimum Gasteiger partial charge on any atom is -0.463 e. The zero-order valence-corrected chi connectivity index (χ0v) is 22.9. The summed E-state index contributed by atoms with van der Waals surface area (Å²) in [6.07, 6.45) is 0. The normalized spacial score (nSPS) is 20.4. The lowest BCUT2D eigenvalue weighted by molar-refractivity contribution is -0.139. The van der Waals surface area contributed by atoms with E-state index in [1.165, 1.54) is 29.2 Å². The maximum absolute atomic E-state index is 13.3. The predicted octanol–water partition coefficient (Wildman–Crippen LogP) is 4.49. The van der Waals surface area contributed by atoms with E-state index in [1.807, 2.05) is 6.92 Å². The van der Waals surface area contributed by atoms with Crippen LogP contribution in [-0.4, -0.2) is 78.5 Å². The maximum Gasteiger partial charge on any atom is 0.338 e. The molecule has 1 saturated heterocycles. The van der Waals surface area contributed by atoms with Crippen LogP contribution < -0.4 is 5.32 Å². The molecule has 0 aliphatic carbocycles. The van der Waals surface area contributed by atoms with E-state index in [2.05, 4.69) is 10.2 Å². The molecule has 3 amide bonds. The van der Waals surface area contributed by atoms with Gasteiger partial charge in [-0.05, 0) is 55.8 Å². The van der Waals surface area contributed by atoms with E-state index in [9.17, 15) is 18.8 Å². The Balaban J connectivity index is 1.61. The third-order valence-corrected chi connectivity index (χ3v) is 7.53. The number of esters is 1. The second kappa shape index (κ2) is 11.7. The second-order valence-corrected chi connectivity index (χ2v) is 10.1. The molecular weight excluding hydrogens is 534 g/mol. The number of piperazine rings is 1. The fourth-order valence-corrected chi connectivity index (χ4v) is 5.10. The Morgan fingerprint density at radius 3 is 2.45 bits per heavy atom. The Morgan fingerprint density at radius 2 is 1.82 bits per heavy atom. The van der Waals surface area contributed by atoms with Gasteiger partial charge in [-0.2, -0.15) is 0 Å². The first kappa shape index (κ1) is 27.9. The maximum atomic E-state index is 13.3. The van der Waals surface area contributed by atoms with Gasteiger partial charge in [0.15, 0.2) is 0 Å². The zero-order valence-electron chi connectivity index (χ0n) is 21.3. The van der Waals surface area contributed by atoms with Gasteiger partial charge in [-0.25, -0.2) is 14.0 Å². The van der Waals surface area contributed by atoms with Crippen molar-refractivity contribution in [1.82, 2.24) is 20.0 Å². The third-order valence-electron chi connectivity index (χ3n) is 6.79. The molecule has 2 aliphatic rings. The molecule has 0 spiro atoms. The Morgan fingerprint density at radius 1 is 1.11 bits per heavy atom. The first-order valence-electron chi connectivity index (χ1n) is 12.3. The molecule has 2 unspecified atom stereocenters. The molecule has 2 atom stereocenters. The summed E-state index contributed by atoms with van der Waals surface area (Å²) in [5, 5.41) is 3.53. The summed E-state index contributed by atoms with van der Waals surface area (Å²) in [6, 6.07) is 9.15. The fourth-order valence-electron chi connectivity index (χ4n) is 4.79. The smallest absolute Gasteiger partial charge is 0.338 e. The Kier molecular flexibility index (Phi) is 8.60. The van der Waals surface area contributed by atoms with Crippen LogP contribution in [0.5, 0.6) is 0 Å². The second-order valence-electron chi connectivity index (χ2n) is 9.29. The number of hydrogen-bond donors (Lipinski definition) is 1. The number of hydrogen-bond acceptors (Lipinski definition) is 5. The minimum atomic E-state index is -0.777. The van der Waals surface area contributed by atoms with E-state index < -0.39 is 17.8 Å². The van der Waals surface area contributed by atoms with E-state index in [1.54, 1.807) is 37.1 Å². The summed E-state index contributed by atoms with van der Waals surface area (Å²) in [4.78, 5) is 44.4. The minimum absolute atomic E-state index is 0.151. The molecule has 2 aromatic rings. The first-order valence-corrected chi connectivity index (χ1v) is 13.0. The SMILES string of the molecule is CCOC(=O)C1=C(CN2CCN(C(=O)c3ccc(F)cc3)C(C)C2)N(C)C(=O)NC1c1ccc(Cl)c(Cl)c1. The fraction of sp³-hybridized carbons (Fsp3) is 0.370. The number of rotatable bonds is 6. The van der Waals surface area contributed by atoms with Crippen LogP contribution in [0.15, 0.2) is 53.7 Å². The number of halogens is 3. The van der Waals surface area contributed by atoms with Gasteiger partial charge in [0, 0.05) is 50.5 Å². The Bertz CT molecular complexity index is 1270. The number of carbonyl (C=O) groups excluding carboxylic acids is 3. The molecule has 38 heavy (non-hydrogen) atoms. The summed E-state index contributed by atoms with van der Waals surface area (Å²) in [6.45, 7) is 5.58. The quantitative estimate of drug-likeness (QED) is 0.524. The number of nitrogens with one attached hydrogen (secondary N) is 1. The standard InChI is InChI=1S/C27H29Cl2FN4O4/c1-4-38-26(36)23-22(32(3)27(37)31-24(23)18-7-10-20(28)21(29)13-18)15-33-11-12-34(16(2)14-33)25(35)17-5-8-19(30)9-6-17/h5-10,13,16,24H,4,11-12,14-15H2,1-3H3,(H,31,37). The van der Waals surface area contributed by atoms with E-state index in [4.69, 9.17) is 27.9 Å². The Labute approximate surface area is 230 Å². The highest BCUT2D eigenvalue weighted by Crippen LogP contribution is 2.34. The van der Waals surface area contributed by atoms with Gasteiger partial charge in [-0.15, -0.1) is 0 Å². The number of ether oxygens (including phenoxy) is 1. The molecule has 8 nitrogen and oxygen atoms in total. The van der Waals surface area contributed by atoms with Crippen LogP contribution in [0.3, 0.4) is 0 Å². The van der Waals surface area contributed by atoms with Gasteiger partial charge >= 0.3 is 12.0 Å². The van der Waals surface area contributed by atoms with Crippen molar-refractivity contribution in [3.05, 3.63) is 80.7 Å². The molecule has 0 radical (unpaired) electrons. The van der Waals surface area contributed by atoms with Gasteiger partial charge in [-0.3, -0.25) is 14.6 Å². The topological polar surface area (TPSA) is 82.2 Å². The summed E-state index contributed by atoms with van der Waals surface area (Å²) < 4.78 is 18.7. The van der Waals surface area contributed by atoms with Crippen molar-refractivity contribution in [3.8, 4) is 0 Å². The number of benzene rings is 2. The lowest BCUT2D eigenvalue weighted by atomic mass is 9.94. The predicted molar refractivity (Wildman–Crippen MR) is 142 cm³/mol. The number of carbonyl (C=O) groups is 3. The van der Waals surface area contributed by atoms with Crippen LogP contribution in [0.2, 0.25) is 10.0 Å². The monoisotopic (exact) mass is 562 g/mol. The summed E-state index contributed by atoms with van der Waals surface area (Å²) in [5.41, 5.74) is 1.84. The molecule has 0 saturated carbocycles. The molecule has 0 bridgehead atoms. The van der Waals surface area contributed by atoms with Gasteiger partial charge in [0.1, 0.15) is 5.82 Å². The molecule has 202 valence electrons. The van der Waals surface area contributed by atoms with Crippen LogP contribution in [0.4, 0.5) is 9.18 Å². The molecule has 2 aliphatic heterocycles. The average Bonchev–Trinajstić information content (AvgIpc) is 2.88. The van der Waals surface area contributed by atoms with Crippen molar-refractivity contribution in [1.29, 1.82) is 0 Å². The van der Waals surface area contributed by atoms with Crippen LogP contribution in [0.1, 0.15) is 35.8 Å². The summed E-state index contributed by atoms with van der Waals surface area (Å²) in [7, 11) is 1.60. The number of amides is 3. The number of likely N-dealkylation sites (N-methyl/N-ethyl adjacent to an activating group) is 1. The highest BCUT2D eigenvalue weighted by Gasteiger charge is 2.38. The summed E-state index contributed by atoms with van der Waals surface area (Å²) >= 11 is 12.3. The lowest BCUT2D eigenvalue weighted by Crippen LogP contribution is -2.56. The number of nitrogens with zero attached hydrogens (tertiary/aromatic N) is 3. The van der Waals surface area contributed by atoms with Gasteiger partial charge < -0.3 is 15.0 Å².